The molecule has 0 radical (unpaired) electrons. The van der Waals surface area contributed by atoms with E-state index in [1.807, 2.05) is 25.1 Å². The van der Waals surface area contributed by atoms with Crippen LogP contribution in [0.2, 0.25) is 10.0 Å². The molecule has 0 aliphatic rings. The third-order valence-corrected chi connectivity index (χ3v) is 5.26. The average molecular weight is 421 g/mol. The zero-order chi connectivity index (χ0) is 19.2. The number of aromatic nitrogens is 1. The minimum absolute atomic E-state index is 0.247. The number of carbonyl (C=O) groups is 1. The van der Waals surface area contributed by atoms with Crippen molar-refractivity contribution in [2.45, 2.75) is 19.8 Å². The van der Waals surface area contributed by atoms with Crippen LogP contribution >= 0.6 is 34.5 Å². The number of hydrogen-bond acceptors (Lipinski definition) is 4. The van der Waals surface area contributed by atoms with Gasteiger partial charge in [-0.1, -0.05) is 42.3 Å². The first-order chi connectivity index (χ1) is 13.1. The molecule has 3 rings (SSSR count). The number of para-hydroxylation sites is 1. The summed E-state index contributed by atoms with van der Waals surface area (Å²) in [7, 11) is 0. The topological polar surface area (TPSA) is 51.2 Å². The van der Waals surface area contributed by atoms with Gasteiger partial charge in [0.15, 0.2) is 5.13 Å². The molecule has 2 aromatic carbocycles. The van der Waals surface area contributed by atoms with Gasteiger partial charge in [0, 0.05) is 27.5 Å². The molecule has 0 aliphatic heterocycles. The molecule has 0 atom stereocenters. The fourth-order valence-electron chi connectivity index (χ4n) is 2.47. The molecule has 0 fully saturated rings. The smallest absolute Gasteiger partial charge is 0.261 e. The normalized spacial score (nSPS) is 10.6. The lowest BCUT2D eigenvalue weighted by Gasteiger charge is -2.09. The molecule has 0 saturated carbocycles. The predicted molar refractivity (Wildman–Crippen MR) is 112 cm³/mol. The van der Waals surface area contributed by atoms with Crippen LogP contribution in [-0.4, -0.2) is 17.5 Å². The van der Waals surface area contributed by atoms with Gasteiger partial charge in [-0.3, -0.25) is 10.1 Å². The lowest BCUT2D eigenvalue weighted by molar-refractivity contribution is 0.102. The minimum Gasteiger partial charge on any atom is -0.493 e. The zero-order valence-electron chi connectivity index (χ0n) is 14.7. The summed E-state index contributed by atoms with van der Waals surface area (Å²) in [5.74, 6) is 0.322. The van der Waals surface area contributed by atoms with Crippen LogP contribution in [-0.2, 0) is 6.42 Å². The quantitative estimate of drug-likeness (QED) is 0.503. The first-order valence-electron chi connectivity index (χ1n) is 8.48. The number of rotatable bonds is 7. The Hall–Kier alpha value is -2.08. The van der Waals surface area contributed by atoms with Gasteiger partial charge in [0.25, 0.3) is 5.91 Å². The van der Waals surface area contributed by atoms with Crippen molar-refractivity contribution < 1.29 is 9.53 Å². The number of benzene rings is 2. The number of carbonyl (C=O) groups excluding carboxylic acids is 1. The first-order valence-corrected chi connectivity index (χ1v) is 10.1. The molecular weight excluding hydrogens is 403 g/mol. The van der Waals surface area contributed by atoms with E-state index >= 15 is 0 Å². The highest BCUT2D eigenvalue weighted by Gasteiger charge is 2.14. The molecule has 3 aromatic rings. The van der Waals surface area contributed by atoms with Crippen molar-refractivity contribution in [3.63, 3.8) is 0 Å². The Kier molecular flexibility index (Phi) is 6.72. The van der Waals surface area contributed by atoms with E-state index in [0.29, 0.717) is 39.5 Å². The monoisotopic (exact) mass is 420 g/mol. The highest BCUT2D eigenvalue weighted by atomic mass is 35.5. The van der Waals surface area contributed by atoms with Crippen LogP contribution in [0.1, 0.15) is 34.1 Å². The standard InChI is InChI=1S/C20H18Cl2N2O2S/c1-2-9-26-18-6-4-3-5-16(18)19(25)24-20-23-12-15(27-20)11-13-10-14(21)7-8-17(13)22/h3-8,10,12H,2,9,11H2,1H3,(H,23,24,25). The molecule has 0 aliphatic carbocycles. The Morgan fingerprint density at radius 2 is 2.04 bits per heavy atom. The van der Waals surface area contributed by atoms with E-state index in [9.17, 15) is 4.79 Å². The second-order valence-electron chi connectivity index (χ2n) is 5.84. The van der Waals surface area contributed by atoms with Gasteiger partial charge in [-0.15, -0.1) is 11.3 Å². The highest BCUT2D eigenvalue weighted by Crippen LogP contribution is 2.28. The number of halogens is 2. The van der Waals surface area contributed by atoms with E-state index in [1.54, 1.807) is 30.5 Å². The Balaban J connectivity index is 1.71. The van der Waals surface area contributed by atoms with Crippen molar-refractivity contribution in [3.05, 3.63) is 74.7 Å². The van der Waals surface area contributed by atoms with E-state index in [-0.39, 0.29) is 5.91 Å². The highest BCUT2D eigenvalue weighted by molar-refractivity contribution is 7.15. The number of nitrogens with zero attached hydrogens (tertiary/aromatic N) is 1. The molecular formula is C20H18Cl2N2O2S. The molecule has 0 saturated heterocycles. The molecule has 0 bridgehead atoms. The van der Waals surface area contributed by atoms with Gasteiger partial charge in [-0.2, -0.15) is 0 Å². The van der Waals surface area contributed by atoms with Gasteiger partial charge >= 0.3 is 0 Å². The lowest BCUT2D eigenvalue weighted by Crippen LogP contribution is -2.13. The van der Waals surface area contributed by atoms with E-state index in [0.717, 1.165) is 16.9 Å². The SMILES string of the molecule is CCCOc1ccccc1C(=O)Nc1ncc(Cc2cc(Cl)ccc2Cl)s1. The van der Waals surface area contributed by atoms with Crippen LogP contribution in [0.5, 0.6) is 5.75 Å². The summed E-state index contributed by atoms with van der Waals surface area (Å²) in [4.78, 5) is 17.9. The van der Waals surface area contributed by atoms with Crippen LogP contribution in [0, 0.1) is 0 Å². The molecule has 140 valence electrons. The Bertz CT molecular complexity index is 943. The number of nitrogens with one attached hydrogen (secondary N) is 1. The van der Waals surface area contributed by atoms with Crippen LogP contribution in [0.4, 0.5) is 5.13 Å². The Morgan fingerprint density at radius 3 is 2.85 bits per heavy atom. The van der Waals surface area contributed by atoms with Gasteiger partial charge < -0.3 is 4.74 Å². The maximum absolute atomic E-state index is 12.6. The second-order valence-corrected chi connectivity index (χ2v) is 7.80. The number of thiazole rings is 1. The Labute approximate surface area is 172 Å². The first kappa shape index (κ1) is 19.7. The summed E-state index contributed by atoms with van der Waals surface area (Å²) in [6.45, 7) is 2.58. The maximum atomic E-state index is 12.6. The Morgan fingerprint density at radius 1 is 1.22 bits per heavy atom. The number of anilines is 1. The van der Waals surface area contributed by atoms with E-state index < -0.39 is 0 Å². The van der Waals surface area contributed by atoms with Crippen molar-refractivity contribution in [1.82, 2.24) is 4.98 Å². The van der Waals surface area contributed by atoms with E-state index in [2.05, 4.69) is 10.3 Å². The van der Waals surface area contributed by atoms with Gasteiger partial charge in [0.2, 0.25) is 0 Å². The predicted octanol–water partition coefficient (Wildman–Crippen LogP) is 6.08. The number of ether oxygens (including phenoxy) is 1. The van der Waals surface area contributed by atoms with Crippen LogP contribution in [0.25, 0.3) is 0 Å². The zero-order valence-corrected chi connectivity index (χ0v) is 17.0. The fraction of sp³-hybridized carbons (Fsp3) is 0.200. The summed E-state index contributed by atoms with van der Waals surface area (Å²) in [6.07, 6.45) is 3.21. The van der Waals surface area contributed by atoms with Crippen molar-refractivity contribution in [2.75, 3.05) is 11.9 Å². The fourth-order valence-corrected chi connectivity index (χ4v) is 3.68. The molecule has 1 heterocycles. The largest absolute Gasteiger partial charge is 0.493 e. The average Bonchev–Trinajstić information content (AvgIpc) is 3.10. The molecule has 1 N–H and O–H groups in total. The van der Waals surface area contributed by atoms with Crippen LogP contribution in [0.15, 0.2) is 48.7 Å². The molecule has 27 heavy (non-hydrogen) atoms. The molecule has 1 amide bonds. The van der Waals surface area contributed by atoms with Gasteiger partial charge in [-0.25, -0.2) is 4.98 Å². The summed E-state index contributed by atoms with van der Waals surface area (Å²) in [6, 6.07) is 12.5. The van der Waals surface area contributed by atoms with Crippen LogP contribution < -0.4 is 10.1 Å². The van der Waals surface area contributed by atoms with Gasteiger partial charge in [-0.05, 0) is 42.3 Å². The molecule has 1 aromatic heterocycles. The summed E-state index contributed by atoms with van der Waals surface area (Å²) in [5.41, 5.74) is 1.41. The summed E-state index contributed by atoms with van der Waals surface area (Å²) >= 11 is 13.7. The minimum atomic E-state index is -0.247. The second kappa shape index (κ2) is 9.22. The summed E-state index contributed by atoms with van der Waals surface area (Å²) in [5, 5.41) is 4.65. The molecule has 0 spiro atoms. The van der Waals surface area contributed by atoms with Crippen molar-refractivity contribution in [1.29, 1.82) is 0 Å². The lowest BCUT2D eigenvalue weighted by atomic mass is 10.1. The number of hydrogen-bond donors (Lipinski definition) is 1. The van der Waals surface area contributed by atoms with Gasteiger partial charge in [0.05, 0.1) is 12.2 Å². The maximum Gasteiger partial charge on any atom is 0.261 e. The van der Waals surface area contributed by atoms with Crippen LogP contribution in [0.3, 0.4) is 0 Å². The molecule has 0 unspecified atom stereocenters. The third kappa shape index (κ3) is 5.22. The number of amides is 1. The summed E-state index contributed by atoms with van der Waals surface area (Å²) < 4.78 is 5.65. The molecule has 7 heteroatoms. The van der Waals surface area contributed by atoms with Crippen molar-refractivity contribution in [3.8, 4) is 5.75 Å². The van der Waals surface area contributed by atoms with E-state index in [4.69, 9.17) is 27.9 Å². The van der Waals surface area contributed by atoms with Crippen molar-refractivity contribution in [2.24, 2.45) is 0 Å². The van der Waals surface area contributed by atoms with Gasteiger partial charge in [0.1, 0.15) is 5.75 Å². The van der Waals surface area contributed by atoms with E-state index in [1.165, 1.54) is 11.3 Å². The third-order valence-electron chi connectivity index (χ3n) is 3.74. The van der Waals surface area contributed by atoms with Crippen molar-refractivity contribution >= 4 is 45.6 Å². The molecule has 4 nitrogen and oxygen atoms in total.